The number of carbonyl (C=O) groups excluding carboxylic acids is 1. The number of carbonyl (C=O) groups is 1. The summed E-state index contributed by atoms with van der Waals surface area (Å²) in [5, 5.41) is 2.84. The molecule has 0 spiro atoms. The van der Waals surface area contributed by atoms with Crippen LogP contribution in [0.25, 0.3) is 0 Å². The predicted molar refractivity (Wildman–Crippen MR) is 107 cm³/mol. The lowest BCUT2D eigenvalue weighted by atomic mass is 10.1. The second kappa shape index (κ2) is 9.53. The maximum atomic E-state index is 12.1. The van der Waals surface area contributed by atoms with Gasteiger partial charge < -0.3 is 10.1 Å². The van der Waals surface area contributed by atoms with Gasteiger partial charge in [0.1, 0.15) is 5.75 Å². The van der Waals surface area contributed by atoms with Crippen LogP contribution in [0.1, 0.15) is 30.9 Å². The maximum Gasteiger partial charge on any atom is 0.262 e. The van der Waals surface area contributed by atoms with E-state index in [-0.39, 0.29) is 17.4 Å². The highest BCUT2D eigenvalue weighted by molar-refractivity contribution is 7.89. The zero-order valence-electron chi connectivity index (χ0n) is 15.9. The van der Waals surface area contributed by atoms with Crippen LogP contribution in [0.2, 0.25) is 0 Å². The van der Waals surface area contributed by atoms with Crippen molar-refractivity contribution in [1.29, 1.82) is 0 Å². The van der Waals surface area contributed by atoms with E-state index in [9.17, 15) is 13.2 Å². The van der Waals surface area contributed by atoms with Gasteiger partial charge in [-0.2, -0.15) is 0 Å². The average molecular weight is 391 g/mol. The van der Waals surface area contributed by atoms with Crippen LogP contribution in [0.5, 0.6) is 5.75 Å². The van der Waals surface area contributed by atoms with E-state index < -0.39 is 10.0 Å². The molecule has 1 amide bonds. The first-order valence-electron chi connectivity index (χ1n) is 8.92. The highest BCUT2D eigenvalue weighted by Gasteiger charge is 2.13. The first-order chi connectivity index (χ1) is 12.8. The number of benzene rings is 2. The number of sulfonamides is 1. The lowest BCUT2D eigenvalue weighted by Gasteiger charge is -2.12. The van der Waals surface area contributed by atoms with Crippen LogP contribution in [-0.4, -0.2) is 27.5 Å². The summed E-state index contributed by atoms with van der Waals surface area (Å²) in [5.74, 6) is 0.157. The Bertz CT molecular complexity index is 857. The van der Waals surface area contributed by atoms with E-state index in [1.165, 1.54) is 12.1 Å². The van der Waals surface area contributed by atoms with Crippen molar-refractivity contribution in [3.05, 3.63) is 53.6 Å². The molecule has 0 saturated heterocycles. The van der Waals surface area contributed by atoms with Crippen molar-refractivity contribution in [1.82, 2.24) is 4.72 Å². The van der Waals surface area contributed by atoms with Gasteiger partial charge in [-0.25, -0.2) is 13.1 Å². The smallest absolute Gasteiger partial charge is 0.262 e. The molecule has 27 heavy (non-hydrogen) atoms. The van der Waals surface area contributed by atoms with Crippen LogP contribution in [0, 0.1) is 13.8 Å². The van der Waals surface area contributed by atoms with E-state index in [0.29, 0.717) is 12.3 Å². The molecule has 6 nitrogen and oxygen atoms in total. The lowest BCUT2D eigenvalue weighted by Crippen LogP contribution is -2.24. The van der Waals surface area contributed by atoms with Crippen LogP contribution >= 0.6 is 0 Å². The summed E-state index contributed by atoms with van der Waals surface area (Å²) >= 11 is 0. The summed E-state index contributed by atoms with van der Waals surface area (Å²) in [5.41, 5.74) is 2.74. The van der Waals surface area contributed by atoms with Gasteiger partial charge in [0.15, 0.2) is 6.61 Å². The van der Waals surface area contributed by atoms with E-state index >= 15 is 0 Å². The Morgan fingerprint density at radius 2 is 1.67 bits per heavy atom. The first-order valence-corrected chi connectivity index (χ1v) is 10.4. The molecule has 0 aliphatic rings. The minimum Gasteiger partial charge on any atom is -0.484 e. The number of hydrogen-bond donors (Lipinski definition) is 2. The number of ether oxygens (including phenoxy) is 1. The van der Waals surface area contributed by atoms with Gasteiger partial charge in [0, 0.05) is 12.2 Å². The molecule has 0 heterocycles. The highest BCUT2D eigenvalue weighted by atomic mass is 32.2. The van der Waals surface area contributed by atoms with Gasteiger partial charge in [-0.1, -0.05) is 31.5 Å². The van der Waals surface area contributed by atoms with Crippen molar-refractivity contribution < 1.29 is 17.9 Å². The second-order valence-corrected chi connectivity index (χ2v) is 8.09. The largest absolute Gasteiger partial charge is 0.484 e. The van der Waals surface area contributed by atoms with Crippen LogP contribution in [0.15, 0.2) is 47.4 Å². The van der Waals surface area contributed by atoms with E-state index in [0.717, 1.165) is 29.7 Å². The Hall–Kier alpha value is -2.38. The van der Waals surface area contributed by atoms with Crippen molar-refractivity contribution in [2.75, 3.05) is 18.5 Å². The SMILES string of the molecule is CCCCNS(=O)(=O)c1ccc(OCC(=O)Nc2c(C)cccc2C)cc1. The molecule has 0 saturated carbocycles. The fourth-order valence-corrected chi connectivity index (χ4v) is 3.59. The Balaban J connectivity index is 1.92. The van der Waals surface area contributed by atoms with Gasteiger partial charge in [0.25, 0.3) is 5.91 Å². The quantitative estimate of drug-likeness (QED) is 0.643. The molecule has 0 aliphatic carbocycles. The van der Waals surface area contributed by atoms with Gasteiger partial charge >= 0.3 is 0 Å². The number of anilines is 1. The normalized spacial score (nSPS) is 11.2. The Morgan fingerprint density at radius 1 is 1.04 bits per heavy atom. The molecule has 2 aromatic rings. The highest BCUT2D eigenvalue weighted by Crippen LogP contribution is 2.20. The number of rotatable bonds is 9. The van der Waals surface area contributed by atoms with E-state index in [1.54, 1.807) is 12.1 Å². The third-order valence-electron chi connectivity index (χ3n) is 4.07. The summed E-state index contributed by atoms with van der Waals surface area (Å²) in [6, 6.07) is 11.8. The molecule has 0 unspecified atom stereocenters. The van der Waals surface area contributed by atoms with Gasteiger partial charge in [-0.15, -0.1) is 0 Å². The molecule has 0 atom stereocenters. The van der Waals surface area contributed by atoms with Gasteiger partial charge in [0.2, 0.25) is 10.0 Å². The molecule has 0 radical (unpaired) electrons. The third kappa shape index (κ3) is 6.08. The number of para-hydroxylation sites is 1. The molecule has 2 rings (SSSR count). The lowest BCUT2D eigenvalue weighted by molar-refractivity contribution is -0.118. The monoisotopic (exact) mass is 390 g/mol. The molecule has 7 heteroatoms. The summed E-state index contributed by atoms with van der Waals surface area (Å²) in [4.78, 5) is 12.3. The first kappa shape index (κ1) is 20.9. The number of aryl methyl sites for hydroxylation is 2. The van der Waals surface area contributed by atoms with Crippen molar-refractivity contribution in [2.24, 2.45) is 0 Å². The minimum atomic E-state index is -3.52. The van der Waals surface area contributed by atoms with Gasteiger partial charge in [-0.3, -0.25) is 4.79 Å². The molecule has 0 fully saturated rings. The van der Waals surface area contributed by atoms with Crippen molar-refractivity contribution in [2.45, 2.75) is 38.5 Å². The minimum absolute atomic E-state index is 0.158. The Morgan fingerprint density at radius 3 is 2.26 bits per heavy atom. The zero-order valence-corrected chi connectivity index (χ0v) is 16.7. The average Bonchev–Trinajstić information content (AvgIpc) is 2.64. The number of unbranched alkanes of at least 4 members (excludes halogenated alkanes) is 1. The number of amides is 1. The van der Waals surface area contributed by atoms with Crippen LogP contribution in [-0.2, 0) is 14.8 Å². The maximum absolute atomic E-state index is 12.1. The summed E-state index contributed by atoms with van der Waals surface area (Å²) in [7, 11) is -3.52. The van der Waals surface area contributed by atoms with Gasteiger partial charge in [0.05, 0.1) is 4.90 Å². The molecule has 0 aromatic heterocycles. The molecule has 146 valence electrons. The third-order valence-corrected chi connectivity index (χ3v) is 5.55. The molecule has 0 aliphatic heterocycles. The zero-order chi connectivity index (χ0) is 19.9. The van der Waals surface area contributed by atoms with Crippen LogP contribution in [0.4, 0.5) is 5.69 Å². The summed E-state index contributed by atoms with van der Waals surface area (Å²) < 4.78 is 32.3. The summed E-state index contributed by atoms with van der Waals surface area (Å²) in [6.45, 7) is 6.11. The van der Waals surface area contributed by atoms with Crippen LogP contribution in [0.3, 0.4) is 0 Å². The van der Waals surface area contributed by atoms with Crippen molar-refractivity contribution >= 4 is 21.6 Å². The topological polar surface area (TPSA) is 84.5 Å². The van der Waals surface area contributed by atoms with Crippen LogP contribution < -0.4 is 14.8 Å². The van der Waals surface area contributed by atoms with Crippen molar-refractivity contribution in [3.63, 3.8) is 0 Å². The van der Waals surface area contributed by atoms with Crippen molar-refractivity contribution in [3.8, 4) is 5.75 Å². The predicted octanol–water partition coefficient (Wildman–Crippen LogP) is 3.40. The van der Waals surface area contributed by atoms with E-state index in [4.69, 9.17) is 4.74 Å². The molecule has 2 aromatic carbocycles. The Labute approximate surface area is 161 Å². The molecule has 2 N–H and O–H groups in total. The molecular formula is C20H26N2O4S. The fourth-order valence-electron chi connectivity index (χ4n) is 2.52. The fraction of sp³-hybridized carbons (Fsp3) is 0.350. The van der Waals surface area contributed by atoms with Gasteiger partial charge in [-0.05, 0) is 55.7 Å². The summed E-state index contributed by atoms with van der Waals surface area (Å²) in [6.07, 6.45) is 1.70. The Kier molecular flexibility index (Phi) is 7.38. The number of nitrogens with one attached hydrogen (secondary N) is 2. The van der Waals surface area contributed by atoms with E-state index in [1.807, 2.05) is 39.0 Å². The molecular weight excluding hydrogens is 364 g/mol. The standard InChI is InChI=1S/C20H26N2O4S/c1-4-5-13-21-27(24,25)18-11-9-17(10-12-18)26-14-19(23)22-20-15(2)7-6-8-16(20)3/h6-12,21H,4-5,13-14H2,1-3H3,(H,22,23). The molecule has 0 bridgehead atoms. The van der Waals surface area contributed by atoms with E-state index in [2.05, 4.69) is 10.0 Å². The second-order valence-electron chi connectivity index (χ2n) is 6.33. The number of hydrogen-bond acceptors (Lipinski definition) is 4.